The minimum atomic E-state index is -1.51. The molecule has 0 saturated heterocycles. The Kier molecular flexibility index (Phi) is 5.97. The van der Waals surface area contributed by atoms with Gasteiger partial charge < -0.3 is 20.8 Å². The van der Waals surface area contributed by atoms with Gasteiger partial charge in [0.2, 0.25) is 0 Å². The van der Waals surface area contributed by atoms with Gasteiger partial charge in [-0.2, -0.15) is 0 Å². The summed E-state index contributed by atoms with van der Waals surface area (Å²) in [5, 5.41) is 23.4. The Morgan fingerprint density at radius 3 is 2.35 bits per heavy atom. The molecule has 0 aliphatic carbocycles. The van der Waals surface area contributed by atoms with Gasteiger partial charge in [-0.1, -0.05) is 6.07 Å². The van der Waals surface area contributed by atoms with Crippen LogP contribution < -0.4 is 10.6 Å². The van der Waals surface area contributed by atoms with Crippen LogP contribution in [0.1, 0.15) is 13.3 Å². The number of carbonyl (C=O) groups is 2. The minimum Gasteiger partial charge on any atom is -0.481 e. The SMILES string of the molecule is CC(O)(CNC(=O)Nc1c(Br)cccc1Br)CC(=O)O. The zero-order valence-corrected chi connectivity index (χ0v) is 13.8. The lowest BCUT2D eigenvalue weighted by molar-refractivity contribution is -0.141. The van der Waals surface area contributed by atoms with Crippen molar-refractivity contribution in [2.75, 3.05) is 11.9 Å². The van der Waals surface area contributed by atoms with E-state index in [1.165, 1.54) is 6.92 Å². The second-order valence-electron chi connectivity index (χ2n) is 4.47. The third-order valence-electron chi connectivity index (χ3n) is 2.36. The van der Waals surface area contributed by atoms with Crippen molar-refractivity contribution in [3.05, 3.63) is 27.1 Å². The molecule has 0 aliphatic rings. The van der Waals surface area contributed by atoms with E-state index in [0.717, 1.165) is 0 Å². The Balaban J connectivity index is 2.59. The zero-order chi connectivity index (χ0) is 15.3. The predicted octanol–water partition coefficient (Wildman–Crippen LogP) is 2.56. The van der Waals surface area contributed by atoms with Crippen molar-refractivity contribution in [3.63, 3.8) is 0 Å². The van der Waals surface area contributed by atoms with E-state index >= 15 is 0 Å². The Labute approximate surface area is 132 Å². The molecule has 2 amide bonds. The first-order valence-corrected chi connectivity index (χ1v) is 7.23. The van der Waals surface area contributed by atoms with Crippen LogP contribution >= 0.6 is 31.9 Å². The normalized spacial score (nSPS) is 13.4. The standard InChI is InChI=1S/C12H14Br2N2O4/c1-12(20,5-9(17)18)6-15-11(19)16-10-7(13)3-2-4-8(10)14/h2-4,20H,5-6H2,1H3,(H,17,18)(H2,15,16,19). The van der Waals surface area contributed by atoms with Gasteiger partial charge >= 0.3 is 12.0 Å². The largest absolute Gasteiger partial charge is 0.481 e. The van der Waals surface area contributed by atoms with E-state index in [4.69, 9.17) is 5.11 Å². The van der Waals surface area contributed by atoms with Crippen molar-refractivity contribution in [1.82, 2.24) is 5.32 Å². The van der Waals surface area contributed by atoms with Crippen LogP contribution in [0.2, 0.25) is 0 Å². The van der Waals surface area contributed by atoms with Gasteiger partial charge in [0.15, 0.2) is 0 Å². The van der Waals surface area contributed by atoms with Gasteiger partial charge in [0.1, 0.15) is 0 Å². The van der Waals surface area contributed by atoms with Gasteiger partial charge in [0, 0.05) is 15.5 Å². The Hall–Kier alpha value is -1.12. The second kappa shape index (κ2) is 7.05. The number of nitrogens with one attached hydrogen (secondary N) is 2. The summed E-state index contributed by atoms with van der Waals surface area (Å²) in [4.78, 5) is 22.3. The molecule has 8 heteroatoms. The maximum atomic E-state index is 11.7. The molecule has 0 fully saturated rings. The van der Waals surface area contributed by atoms with Crippen LogP contribution in [0.4, 0.5) is 10.5 Å². The third kappa shape index (κ3) is 5.48. The Bertz CT molecular complexity index is 500. The number of carbonyl (C=O) groups excluding carboxylic acids is 1. The van der Waals surface area contributed by atoms with Crippen LogP contribution in [0.5, 0.6) is 0 Å². The van der Waals surface area contributed by atoms with Crippen molar-refractivity contribution < 1.29 is 19.8 Å². The molecule has 20 heavy (non-hydrogen) atoms. The van der Waals surface area contributed by atoms with Crippen molar-refractivity contribution in [3.8, 4) is 0 Å². The summed E-state index contributed by atoms with van der Waals surface area (Å²) < 4.78 is 1.39. The van der Waals surface area contributed by atoms with E-state index in [0.29, 0.717) is 14.6 Å². The van der Waals surface area contributed by atoms with Crippen molar-refractivity contribution in [2.45, 2.75) is 18.9 Å². The summed E-state index contributed by atoms with van der Waals surface area (Å²) in [7, 11) is 0. The molecule has 0 heterocycles. The van der Waals surface area contributed by atoms with E-state index in [1.807, 2.05) is 0 Å². The number of amides is 2. The number of rotatable bonds is 5. The topological polar surface area (TPSA) is 98.7 Å². The molecule has 0 aliphatic heterocycles. The maximum absolute atomic E-state index is 11.7. The number of aliphatic carboxylic acids is 1. The summed E-state index contributed by atoms with van der Waals surface area (Å²) in [5.41, 5.74) is -0.961. The highest BCUT2D eigenvalue weighted by atomic mass is 79.9. The zero-order valence-electron chi connectivity index (χ0n) is 10.6. The van der Waals surface area contributed by atoms with Crippen molar-refractivity contribution in [1.29, 1.82) is 0 Å². The smallest absolute Gasteiger partial charge is 0.319 e. The molecule has 110 valence electrons. The van der Waals surface area contributed by atoms with Gasteiger partial charge in [-0.05, 0) is 50.9 Å². The molecule has 6 nitrogen and oxygen atoms in total. The number of aliphatic hydroxyl groups is 1. The highest BCUT2D eigenvalue weighted by Crippen LogP contribution is 2.30. The lowest BCUT2D eigenvalue weighted by Crippen LogP contribution is -2.43. The summed E-state index contributed by atoms with van der Waals surface area (Å²) in [6.07, 6.45) is -0.452. The van der Waals surface area contributed by atoms with E-state index in [1.54, 1.807) is 18.2 Å². The molecule has 4 N–H and O–H groups in total. The quantitative estimate of drug-likeness (QED) is 0.600. The predicted molar refractivity (Wildman–Crippen MR) is 81.7 cm³/mol. The van der Waals surface area contributed by atoms with Crippen molar-refractivity contribution >= 4 is 49.5 Å². The number of anilines is 1. The van der Waals surface area contributed by atoms with Gasteiger partial charge in [0.05, 0.1) is 17.7 Å². The van der Waals surface area contributed by atoms with Gasteiger partial charge in [0.25, 0.3) is 0 Å². The van der Waals surface area contributed by atoms with Crippen LogP contribution in [0.3, 0.4) is 0 Å². The van der Waals surface area contributed by atoms with Crippen LogP contribution in [-0.2, 0) is 4.79 Å². The molecule has 1 rings (SSSR count). The van der Waals surface area contributed by atoms with Crippen molar-refractivity contribution in [2.24, 2.45) is 0 Å². The Morgan fingerprint density at radius 1 is 1.30 bits per heavy atom. The monoisotopic (exact) mass is 408 g/mol. The molecule has 0 saturated carbocycles. The number of urea groups is 1. The Morgan fingerprint density at radius 2 is 1.85 bits per heavy atom. The fourth-order valence-electron chi connectivity index (χ4n) is 1.43. The first kappa shape index (κ1) is 16.9. The molecule has 1 aromatic carbocycles. The summed E-state index contributed by atoms with van der Waals surface area (Å²) in [6.45, 7) is 1.17. The van der Waals surface area contributed by atoms with Gasteiger partial charge in [-0.25, -0.2) is 4.79 Å². The number of para-hydroxylation sites is 1. The molecule has 1 unspecified atom stereocenters. The molecular formula is C12H14Br2N2O4. The number of benzene rings is 1. The van der Waals surface area contributed by atoms with Gasteiger partial charge in [-0.3, -0.25) is 4.79 Å². The molecule has 1 atom stereocenters. The van der Waals surface area contributed by atoms with Crippen LogP contribution in [0.15, 0.2) is 27.1 Å². The summed E-state index contributed by atoms with van der Waals surface area (Å²) in [6, 6.07) is 4.79. The first-order valence-electron chi connectivity index (χ1n) is 5.64. The summed E-state index contributed by atoms with van der Waals surface area (Å²) >= 11 is 6.60. The number of carboxylic acid groups (broad SMARTS) is 1. The minimum absolute atomic E-state index is 0.173. The fraction of sp³-hybridized carbons (Fsp3) is 0.333. The first-order chi connectivity index (χ1) is 9.21. The van der Waals surface area contributed by atoms with Crippen LogP contribution in [-0.4, -0.2) is 34.4 Å². The lowest BCUT2D eigenvalue weighted by atomic mass is 10.0. The molecule has 1 aromatic rings. The number of carboxylic acids is 1. The van der Waals surface area contributed by atoms with E-state index in [-0.39, 0.29) is 6.54 Å². The lowest BCUT2D eigenvalue weighted by Gasteiger charge is -2.21. The number of hydrogen-bond acceptors (Lipinski definition) is 3. The molecule has 0 radical (unpaired) electrons. The number of halogens is 2. The second-order valence-corrected chi connectivity index (χ2v) is 6.18. The van der Waals surface area contributed by atoms with E-state index in [2.05, 4.69) is 42.5 Å². The van der Waals surface area contributed by atoms with E-state index in [9.17, 15) is 14.7 Å². The van der Waals surface area contributed by atoms with Crippen LogP contribution in [0, 0.1) is 0 Å². The number of hydrogen-bond donors (Lipinski definition) is 4. The highest BCUT2D eigenvalue weighted by Gasteiger charge is 2.25. The van der Waals surface area contributed by atoms with Crippen LogP contribution in [0.25, 0.3) is 0 Å². The summed E-state index contributed by atoms with van der Waals surface area (Å²) in [5.74, 6) is -1.13. The molecular weight excluding hydrogens is 396 g/mol. The highest BCUT2D eigenvalue weighted by molar-refractivity contribution is 9.11. The molecule has 0 bridgehead atoms. The molecule has 0 aromatic heterocycles. The maximum Gasteiger partial charge on any atom is 0.319 e. The average molecular weight is 410 g/mol. The third-order valence-corrected chi connectivity index (χ3v) is 3.68. The van der Waals surface area contributed by atoms with E-state index < -0.39 is 24.0 Å². The van der Waals surface area contributed by atoms with Gasteiger partial charge in [-0.15, -0.1) is 0 Å². The molecule has 0 spiro atoms. The average Bonchev–Trinajstić information content (AvgIpc) is 2.30. The fourth-order valence-corrected chi connectivity index (χ4v) is 2.63.